The Kier molecular flexibility index (Phi) is 4.11. The normalized spacial score (nSPS) is 15.5. The Morgan fingerprint density at radius 2 is 2.24 bits per heavy atom. The zero-order valence-electron chi connectivity index (χ0n) is 13.2. The fourth-order valence-corrected chi connectivity index (χ4v) is 3.02. The second-order valence-corrected chi connectivity index (χ2v) is 6.15. The number of hydrogen-bond donors (Lipinski definition) is 1. The maximum atomic E-state index is 12.5. The number of nitrogens with zero attached hydrogens (tertiary/aromatic N) is 3. The maximum Gasteiger partial charge on any atom is 0.261 e. The standard InChI is InChI=1S/C18H15ClN4O2/c19-14-4-5-15-13(9-14)10-16(25-15)18(24)21-11-12-3-1-6-20-17(12)23-8-2-7-22-23/h1-9,16H,10-11H2,(H,21,24)/t16-/m0/s1. The second kappa shape index (κ2) is 6.57. The van der Waals surface area contributed by atoms with Crippen LogP contribution in [0.3, 0.4) is 0 Å². The molecule has 7 heteroatoms. The summed E-state index contributed by atoms with van der Waals surface area (Å²) in [6.07, 6.45) is 5.17. The minimum atomic E-state index is -0.543. The molecule has 4 rings (SSSR count). The van der Waals surface area contributed by atoms with Crippen LogP contribution in [0.25, 0.3) is 5.82 Å². The molecule has 3 heterocycles. The van der Waals surface area contributed by atoms with E-state index >= 15 is 0 Å². The van der Waals surface area contributed by atoms with Crippen LogP contribution < -0.4 is 10.1 Å². The third-order valence-corrected chi connectivity index (χ3v) is 4.27. The summed E-state index contributed by atoms with van der Waals surface area (Å²) < 4.78 is 7.38. The van der Waals surface area contributed by atoms with Crippen molar-refractivity contribution in [3.63, 3.8) is 0 Å². The van der Waals surface area contributed by atoms with Gasteiger partial charge in [0.2, 0.25) is 0 Å². The van der Waals surface area contributed by atoms with Gasteiger partial charge in [-0.15, -0.1) is 0 Å². The van der Waals surface area contributed by atoms with Crippen LogP contribution in [0.5, 0.6) is 5.75 Å². The van der Waals surface area contributed by atoms with E-state index < -0.39 is 6.10 Å². The largest absolute Gasteiger partial charge is 0.480 e. The topological polar surface area (TPSA) is 69.0 Å². The van der Waals surface area contributed by atoms with E-state index in [0.717, 1.165) is 11.1 Å². The van der Waals surface area contributed by atoms with Crippen LogP contribution in [-0.2, 0) is 17.8 Å². The first-order valence-electron chi connectivity index (χ1n) is 7.87. The molecule has 1 aliphatic heterocycles. The van der Waals surface area contributed by atoms with Gasteiger partial charge in [-0.05, 0) is 35.9 Å². The lowest BCUT2D eigenvalue weighted by atomic mass is 10.1. The Hall–Kier alpha value is -2.86. The Balaban J connectivity index is 1.44. The maximum absolute atomic E-state index is 12.5. The lowest BCUT2D eigenvalue weighted by molar-refractivity contribution is -0.127. The number of benzene rings is 1. The predicted octanol–water partition coefficient (Wildman–Crippen LogP) is 2.54. The zero-order chi connectivity index (χ0) is 17.2. The third-order valence-electron chi connectivity index (χ3n) is 4.03. The molecule has 0 saturated carbocycles. The molecule has 3 aromatic rings. The lowest BCUT2D eigenvalue weighted by Crippen LogP contribution is -2.37. The van der Waals surface area contributed by atoms with Gasteiger partial charge in [0.15, 0.2) is 11.9 Å². The van der Waals surface area contributed by atoms with Crippen molar-refractivity contribution in [2.24, 2.45) is 0 Å². The van der Waals surface area contributed by atoms with Crippen LogP contribution in [0.1, 0.15) is 11.1 Å². The molecule has 0 aliphatic carbocycles. The summed E-state index contributed by atoms with van der Waals surface area (Å²) in [6.45, 7) is 0.346. The van der Waals surface area contributed by atoms with Gasteiger partial charge in [-0.3, -0.25) is 4.79 Å². The van der Waals surface area contributed by atoms with E-state index in [1.54, 1.807) is 29.2 Å². The fraction of sp³-hybridized carbons (Fsp3) is 0.167. The molecule has 2 aromatic heterocycles. The highest BCUT2D eigenvalue weighted by atomic mass is 35.5. The average Bonchev–Trinajstić information content (AvgIpc) is 3.29. The molecule has 0 spiro atoms. The van der Waals surface area contributed by atoms with Crippen molar-refractivity contribution in [1.29, 1.82) is 0 Å². The van der Waals surface area contributed by atoms with Crippen molar-refractivity contribution < 1.29 is 9.53 Å². The first-order valence-corrected chi connectivity index (χ1v) is 8.25. The van der Waals surface area contributed by atoms with Gasteiger partial charge >= 0.3 is 0 Å². The van der Waals surface area contributed by atoms with Crippen molar-refractivity contribution in [3.8, 4) is 11.6 Å². The van der Waals surface area contributed by atoms with Crippen LogP contribution >= 0.6 is 11.6 Å². The molecule has 0 unspecified atom stereocenters. The van der Waals surface area contributed by atoms with Crippen molar-refractivity contribution in [3.05, 3.63) is 71.1 Å². The van der Waals surface area contributed by atoms with Crippen molar-refractivity contribution in [1.82, 2.24) is 20.1 Å². The van der Waals surface area contributed by atoms with Gasteiger partial charge in [-0.2, -0.15) is 5.10 Å². The van der Waals surface area contributed by atoms with Crippen molar-refractivity contribution in [2.75, 3.05) is 0 Å². The van der Waals surface area contributed by atoms with E-state index in [2.05, 4.69) is 15.4 Å². The molecule has 6 nitrogen and oxygen atoms in total. The van der Waals surface area contributed by atoms with Gasteiger partial charge in [0.25, 0.3) is 5.91 Å². The van der Waals surface area contributed by atoms with Crippen molar-refractivity contribution in [2.45, 2.75) is 19.1 Å². The minimum Gasteiger partial charge on any atom is -0.480 e. The molecule has 1 aromatic carbocycles. The zero-order valence-corrected chi connectivity index (χ0v) is 14.0. The smallest absolute Gasteiger partial charge is 0.261 e. The van der Waals surface area contributed by atoms with Crippen LogP contribution in [0.2, 0.25) is 5.02 Å². The molecule has 1 aliphatic rings. The molecule has 126 valence electrons. The van der Waals surface area contributed by atoms with Crippen LogP contribution in [0, 0.1) is 0 Å². The van der Waals surface area contributed by atoms with Gasteiger partial charge in [-0.1, -0.05) is 17.7 Å². The average molecular weight is 355 g/mol. The summed E-state index contributed by atoms with van der Waals surface area (Å²) in [5.41, 5.74) is 1.82. The van der Waals surface area contributed by atoms with Gasteiger partial charge in [0.05, 0.1) is 0 Å². The third kappa shape index (κ3) is 3.21. The summed E-state index contributed by atoms with van der Waals surface area (Å²) in [7, 11) is 0. The number of carbonyl (C=O) groups excluding carboxylic acids is 1. The van der Waals surface area contributed by atoms with E-state index in [1.165, 1.54) is 0 Å². The SMILES string of the molecule is O=C(NCc1cccnc1-n1cccn1)[C@@H]1Cc2cc(Cl)ccc2O1. The van der Waals surface area contributed by atoms with Crippen LogP contribution in [0.15, 0.2) is 55.0 Å². The van der Waals surface area contributed by atoms with E-state index in [0.29, 0.717) is 29.6 Å². The van der Waals surface area contributed by atoms with E-state index in [4.69, 9.17) is 16.3 Å². The number of halogens is 1. The molecule has 0 fully saturated rings. The Morgan fingerprint density at radius 1 is 1.32 bits per heavy atom. The highest BCUT2D eigenvalue weighted by molar-refractivity contribution is 6.30. The molecule has 25 heavy (non-hydrogen) atoms. The van der Waals surface area contributed by atoms with Crippen molar-refractivity contribution >= 4 is 17.5 Å². The highest BCUT2D eigenvalue weighted by Crippen LogP contribution is 2.31. The molecule has 0 bridgehead atoms. The number of pyridine rings is 1. The fourth-order valence-electron chi connectivity index (χ4n) is 2.83. The quantitative estimate of drug-likeness (QED) is 0.781. The Bertz CT molecular complexity index is 911. The molecule has 1 amide bonds. The van der Waals surface area contributed by atoms with E-state index in [1.807, 2.05) is 30.5 Å². The van der Waals surface area contributed by atoms with Gasteiger partial charge in [0, 0.05) is 42.1 Å². The number of nitrogens with one attached hydrogen (secondary N) is 1. The first kappa shape index (κ1) is 15.7. The van der Waals surface area contributed by atoms with Crippen LogP contribution in [0.4, 0.5) is 0 Å². The summed E-state index contributed by atoms with van der Waals surface area (Å²) in [4.78, 5) is 16.8. The number of aromatic nitrogens is 3. The van der Waals surface area contributed by atoms with Gasteiger partial charge in [0.1, 0.15) is 5.75 Å². The molecular formula is C18H15ClN4O2. The summed E-state index contributed by atoms with van der Waals surface area (Å²) in [5, 5.41) is 7.75. The number of hydrogen-bond acceptors (Lipinski definition) is 4. The minimum absolute atomic E-state index is 0.164. The Morgan fingerprint density at radius 3 is 3.08 bits per heavy atom. The summed E-state index contributed by atoms with van der Waals surface area (Å²) >= 11 is 5.99. The number of fused-ring (bicyclic) bond motifs is 1. The van der Waals surface area contributed by atoms with E-state index in [9.17, 15) is 4.79 Å². The summed E-state index contributed by atoms with van der Waals surface area (Å²) in [5.74, 6) is 1.24. The lowest BCUT2D eigenvalue weighted by Gasteiger charge is -2.13. The monoisotopic (exact) mass is 354 g/mol. The van der Waals surface area contributed by atoms with Gasteiger partial charge in [-0.25, -0.2) is 9.67 Å². The van der Waals surface area contributed by atoms with E-state index in [-0.39, 0.29) is 5.91 Å². The molecule has 0 radical (unpaired) electrons. The number of rotatable bonds is 4. The summed E-state index contributed by atoms with van der Waals surface area (Å²) in [6, 6.07) is 11.0. The molecule has 1 atom stereocenters. The number of amides is 1. The van der Waals surface area contributed by atoms with Gasteiger partial charge < -0.3 is 10.1 Å². The molecular weight excluding hydrogens is 340 g/mol. The highest BCUT2D eigenvalue weighted by Gasteiger charge is 2.29. The second-order valence-electron chi connectivity index (χ2n) is 5.72. The predicted molar refractivity (Wildman–Crippen MR) is 92.8 cm³/mol. The number of carbonyl (C=O) groups is 1. The van der Waals surface area contributed by atoms with Crippen LogP contribution in [-0.4, -0.2) is 26.8 Å². The first-order chi connectivity index (χ1) is 12.2. The Labute approximate surface area is 149 Å². The molecule has 1 N–H and O–H groups in total. The molecule has 0 saturated heterocycles. The number of ether oxygens (including phenoxy) is 1.